The predicted octanol–water partition coefficient (Wildman–Crippen LogP) is 3.16. The van der Waals surface area contributed by atoms with Crippen LogP contribution in [-0.2, 0) is 20.9 Å². The molecule has 0 aliphatic carbocycles. The molecule has 0 saturated heterocycles. The number of ketones is 2. The lowest BCUT2D eigenvalue weighted by molar-refractivity contribution is -0.146. The first-order chi connectivity index (χ1) is 12.9. The van der Waals surface area contributed by atoms with Crippen molar-refractivity contribution < 1.29 is 23.9 Å². The molecule has 0 saturated carbocycles. The summed E-state index contributed by atoms with van der Waals surface area (Å²) in [5, 5.41) is 2.66. The van der Waals surface area contributed by atoms with E-state index in [4.69, 9.17) is 4.74 Å². The molecule has 7 heteroatoms. The fraction of sp³-hybridized carbons (Fsp3) is 0.300. The predicted molar refractivity (Wildman–Crippen MR) is 102 cm³/mol. The summed E-state index contributed by atoms with van der Waals surface area (Å²) in [6, 6.07) is 12.1. The highest BCUT2D eigenvalue weighted by molar-refractivity contribution is 7.14. The van der Waals surface area contributed by atoms with E-state index in [-0.39, 0.29) is 30.3 Å². The van der Waals surface area contributed by atoms with E-state index in [0.717, 1.165) is 4.88 Å². The van der Waals surface area contributed by atoms with Crippen molar-refractivity contribution in [3.05, 3.63) is 57.8 Å². The van der Waals surface area contributed by atoms with Crippen LogP contribution in [0.3, 0.4) is 0 Å². The number of rotatable bonds is 9. The lowest BCUT2D eigenvalue weighted by atomic mass is 10.1. The van der Waals surface area contributed by atoms with Gasteiger partial charge in [0, 0.05) is 23.8 Å². The molecule has 0 aliphatic rings. The molecule has 27 heavy (non-hydrogen) atoms. The zero-order valence-corrected chi connectivity index (χ0v) is 16.0. The van der Waals surface area contributed by atoms with Gasteiger partial charge in [-0.3, -0.25) is 19.2 Å². The third-order valence-corrected chi connectivity index (χ3v) is 4.85. The number of nitrogens with one attached hydrogen (secondary N) is 1. The number of thiophene rings is 1. The Hall–Kier alpha value is -2.80. The van der Waals surface area contributed by atoms with Crippen LogP contribution >= 0.6 is 11.3 Å². The van der Waals surface area contributed by atoms with Crippen LogP contribution in [0.2, 0.25) is 0 Å². The molecule has 0 fully saturated rings. The van der Waals surface area contributed by atoms with Crippen molar-refractivity contribution in [2.24, 2.45) is 0 Å². The first-order valence-electron chi connectivity index (χ1n) is 8.52. The van der Waals surface area contributed by atoms with Gasteiger partial charge < -0.3 is 10.1 Å². The second-order valence-electron chi connectivity index (χ2n) is 5.96. The van der Waals surface area contributed by atoms with Crippen LogP contribution in [0.15, 0.2) is 42.5 Å². The molecule has 0 bridgehead atoms. The van der Waals surface area contributed by atoms with Crippen LogP contribution in [0.5, 0.6) is 0 Å². The standard InChI is InChI=1S/C20H21NO5S/c1-13(20(25)18-10-8-16(27-18)12-21-14(2)22)26-19(24)11-9-17(23)15-6-4-3-5-7-15/h3-8,10,13H,9,11-12H2,1-2H3,(H,21,22). The van der Waals surface area contributed by atoms with Gasteiger partial charge in [0.15, 0.2) is 11.9 Å². The van der Waals surface area contributed by atoms with E-state index in [2.05, 4.69) is 5.32 Å². The van der Waals surface area contributed by atoms with Crippen molar-refractivity contribution in [1.29, 1.82) is 0 Å². The second-order valence-corrected chi connectivity index (χ2v) is 7.13. The summed E-state index contributed by atoms with van der Waals surface area (Å²) in [6.45, 7) is 3.28. The molecule has 2 rings (SSSR count). The number of benzene rings is 1. The van der Waals surface area contributed by atoms with Gasteiger partial charge in [-0.1, -0.05) is 30.3 Å². The van der Waals surface area contributed by atoms with Gasteiger partial charge in [0.2, 0.25) is 11.7 Å². The number of hydrogen-bond donors (Lipinski definition) is 1. The van der Waals surface area contributed by atoms with Crippen LogP contribution in [0, 0.1) is 0 Å². The Morgan fingerprint density at radius 1 is 1.04 bits per heavy atom. The first-order valence-corrected chi connectivity index (χ1v) is 9.33. The highest BCUT2D eigenvalue weighted by Gasteiger charge is 2.21. The molecule has 0 radical (unpaired) electrons. The minimum Gasteiger partial charge on any atom is -0.454 e. The highest BCUT2D eigenvalue weighted by atomic mass is 32.1. The third kappa shape index (κ3) is 6.45. The van der Waals surface area contributed by atoms with E-state index in [9.17, 15) is 19.2 Å². The third-order valence-electron chi connectivity index (χ3n) is 3.75. The van der Waals surface area contributed by atoms with E-state index in [0.29, 0.717) is 17.0 Å². The first kappa shape index (κ1) is 20.5. The fourth-order valence-corrected chi connectivity index (χ4v) is 3.28. The van der Waals surface area contributed by atoms with Crippen molar-refractivity contribution >= 4 is 34.8 Å². The van der Waals surface area contributed by atoms with Gasteiger partial charge in [-0.15, -0.1) is 11.3 Å². The summed E-state index contributed by atoms with van der Waals surface area (Å²) in [6.07, 6.45) is -0.982. The van der Waals surface area contributed by atoms with E-state index in [1.165, 1.54) is 25.2 Å². The number of ether oxygens (including phenoxy) is 1. The molecule has 1 heterocycles. The van der Waals surface area contributed by atoms with Crippen molar-refractivity contribution in [2.45, 2.75) is 39.3 Å². The molecule has 0 aliphatic heterocycles. The maximum atomic E-state index is 12.4. The molecular weight excluding hydrogens is 366 g/mol. The number of carbonyl (C=O) groups is 4. The van der Waals surface area contributed by atoms with Gasteiger partial charge in [0.1, 0.15) is 0 Å². The van der Waals surface area contributed by atoms with Crippen molar-refractivity contribution in [3.8, 4) is 0 Å². The van der Waals surface area contributed by atoms with E-state index >= 15 is 0 Å². The van der Waals surface area contributed by atoms with Gasteiger partial charge in [-0.2, -0.15) is 0 Å². The summed E-state index contributed by atoms with van der Waals surface area (Å²) < 4.78 is 5.16. The van der Waals surface area contributed by atoms with Gasteiger partial charge >= 0.3 is 5.97 Å². The Kier molecular flexibility index (Phi) is 7.43. The minimum absolute atomic E-state index is 0.0314. The smallest absolute Gasteiger partial charge is 0.306 e. The zero-order valence-electron chi connectivity index (χ0n) is 15.2. The van der Waals surface area contributed by atoms with Crippen LogP contribution in [0.4, 0.5) is 0 Å². The zero-order chi connectivity index (χ0) is 19.8. The normalized spacial score (nSPS) is 11.5. The Balaban J connectivity index is 1.82. The molecule has 1 aromatic carbocycles. The Bertz CT molecular complexity index is 828. The molecule has 1 N–H and O–H groups in total. The Morgan fingerprint density at radius 3 is 2.41 bits per heavy atom. The summed E-state index contributed by atoms with van der Waals surface area (Å²) in [5.74, 6) is -1.19. The second kappa shape index (κ2) is 9.78. The Labute approximate surface area is 161 Å². The van der Waals surface area contributed by atoms with E-state index in [1.807, 2.05) is 6.07 Å². The molecule has 6 nitrogen and oxygen atoms in total. The number of hydrogen-bond acceptors (Lipinski definition) is 6. The monoisotopic (exact) mass is 387 g/mol. The minimum atomic E-state index is -0.934. The largest absolute Gasteiger partial charge is 0.454 e. The van der Waals surface area contributed by atoms with Crippen LogP contribution in [-0.4, -0.2) is 29.5 Å². The average molecular weight is 387 g/mol. The molecule has 142 valence electrons. The van der Waals surface area contributed by atoms with Gasteiger partial charge in [0.05, 0.1) is 17.8 Å². The van der Waals surface area contributed by atoms with E-state index in [1.54, 1.807) is 36.4 Å². The lowest BCUT2D eigenvalue weighted by Gasteiger charge is -2.11. The summed E-state index contributed by atoms with van der Waals surface area (Å²) >= 11 is 1.24. The van der Waals surface area contributed by atoms with Gasteiger partial charge in [-0.05, 0) is 19.1 Å². The number of amides is 1. The molecule has 0 spiro atoms. The van der Waals surface area contributed by atoms with Gasteiger partial charge in [-0.25, -0.2) is 0 Å². The number of Topliss-reactive ketones (excluding diaryl/α,β-unsaturated/α-hetero) is 2. The SMILES string of the molecule is CC(=O)NCc1ccc(C(=O)C(C)OC(=O)CCC(=O)c2ccccc2)s1. The number of esters is 1. The quantitative estimate of drug-likeness (QED) is 0.527. The topological polar surface area (TPSA) is 89.5 Å². The maximum Gasteiger partial charge on any atom is 0.306 e. The average Bonchev–Trinajstić information content (AvgIpc) is 3.13. The molecule has 1 atom stereocenters. The maximum absolute atomic E-state index is 12.4. The van der Waals surface area contributed by atoms with Crippen molar-refractivity contribution in [1.82, 2.24) is 5.32 Å². The van der Waals surface area contributed by atoms with Crippen LogP contribution in [0.25, 0.3) is 0 Å². The van der Waals surface area contributed by atoms with Crippen LogP contribution in [0.1, 0.15) is 51.6 Å². The van der Waals surface area contributed by atoms with Gasteiger partial charge in [0.25, 0.3) is 0 Å². The molecule has 2 aromatic rings. The Morgan fingerprint density at radius 2 is 1.74 bits per heavy atom. The number of carbonyl (C=O) groups excluding carboxylic acids is 4. The highest BCUT2D eigenvalue weighted by Crippen LogP contribution is 2.19. The molecular formula is C20H21NO5S. The van der Waals surface area contributed by atoms with Crippen molar-refractivity contribution in [2.75, 3.05) is 0 Å². The summed E-state index contributed by atoms with van der Waals surface area (Å²) in [5.41, 5.74) is 0.541. The van der Waals surface area contributed by atoms with E-state index < -0.39 is 12.1 Å². The van der Waals surface area contributed by atoms with Crippen LogP contribution < -0.4 is 5.32 Å². The summed E-state index contributed by atoms with van der Waals surface area (Å²) in [7, 11) is 0. The van der Waals surface area contributed by atoms with Crippen molar-refractivity contribution in [3.63, 3.8) is 0 Å². The molecule has 1 aromatic heterocycles. The molecule has 1 unspecified atom stereocenters. The fourth-order valence-electron chi connectivity index (χ4n) is 2.31. The molecule has 1 amide bonds. The summed E-state index contributed by atoms with van der Waals surface area (Å²) in [4.78, 5) is 48.5. The lowest BCUT2D eigenvalue weighted by Crippen LogP contribution is -2.24.